The predicted octanol–water partition coefficient (Wildman–Crippen LogP) is 8.20. The number of allylic oxidation sites excluding steroid dienone is 2. The Kier molecular flexibility index (Phi) is 13.8. The van der Waals surface area contributed by atoms with Crippen molar-refractivity contribution in [2.75, 3.05) is 6.16 Å². The molecule has 0 aromatic heterocycles. The summed E-state index contributed by atoms with van der Waals surface area (Å²) in [6.07, 6.45) is 25.8. The lowest BCUT2D eigenvalue weighted by molar-refractivity contribution is 0.476. The Balaban J connectivity index is 1.74. The average Bonchev–Trinajstić information content (AvgIpc) is 2.52. The highest BCUT2D eigenvalue weighted by Gasteiger charge is 2.26. The van der Waals surface area contributed by atoms with Gasteiger partial charge in [0.25, 0.3) is 0 Å². The monoisotopic (exact) mass is 370 g/mol. The van der Waals surface area contributed by atoms with Crippen molar-refractivity contribution in [2.45, 2.75) is 122 Å². The van der Waals surface area contributed by atoms with E-state index in [1.54, 1.807) is 0 Å². The van der Waals surface area contributed by atoms with Gasteiger partial charge in [0.05, 0.1) is 0 Å². The normalized spacial score (nSPS) is 16.3. The standard InChI is InChI=1S/C22H43O2P/c1-2-3-4-5-6-7-8-9-10-11-12-13-14-15-16-17-21-25(23,24)22-19-18-20-22/h19H,2-18,20-21H2,1H3,(H,23,24). The first-order chi connectivity index (χ1) is 12.2. The van der Waals surface area contributed by atoms with Crippen LogP contribution >= 0.6 is 7.37 Å². The number of rotatable bonds is 18. The molecule has 0 aliphatic heterocycles. The second-order valence-electron chi connectivity index (χ2n) is 7.96. The van der Waals surface area contributed by atoms with Crippen LogP contribution in [-0.4, -0.2) is 11.1 Å². The van der Waals surface area contributed by atoms with Gasteiger partial charge in [-0.1, -0.05) is 109 Å². The summed E-state index contributed by atoms with van der Waals surface area (Å²) in [4.78, 5) is 9.94. The molecule has 3 heteroatoms. The van der Waals surface area contributed by atoms with Gasteiger partial charge in [-0.3, -0.25) is 4.57 Å². The zero-order valence-electron chi connectivity index (χ0n) is 16.8. The van der Waals surface area contributed by atoms with Gasteiger partial charge in [-0.05, 0) is 19.3 Å². The van der Waals surface area contributed by atoms with Crippen LogP contribution in [0.2, 0.25) is 0 Å². The zero-order valence-corrected chi connectivity index (χ0v) is 17.7. The van der Waals surface area contributed by atoms with Gasteiger partial charge in [-0.15, -0.1) is 0 Å². The molecule has 0 fully saturated rings. The third-order valence-electron chi connectivity index (χ3n) is 5.54. The second kappa shape index (κ2) is 15.0. The van der Waals surface area contributed by atoms with E-state index in [9.17, 15) is 9.46 Å². The Morgan fingerprint density at radius 1 is 0.760 bits per heavy atom. The molecule has 1 N–H and O–H groups in total. The molecule has 1 unspecified atom stereocenters. The molecule has 1 aliphatic carbocycles. The molecular formula is C22H43O2P. The summed E-state index contributed by atoms with van der Waals surface area (Å²) >= 11 is 0. The van der Waals surface area contributed by atoms with Crippen LogP contribution in [0, 0.1) is 0 Å². The summed E-state index contributed by atoms with van der Waals surface area (Å²) in [5.41, 5.74) is 0. The molecule has 0 radical (unpaired) electrons. The Bertz CT molecular complexity index is 389. The zero-order chi connectivity index (χ0) is 18.2. The lowest BCUT2D eigenvalue weighted by atomic mass is 10.0. The van der Waals surface area contributed by atoms with Crippen LogP contribution in [0.3, 0.4) is 0 Å². The first-order valence-corrected chi connectivity index (χ1v) is 13.0. The van der Waals surface area contributed by atoms with E-state index in [0.717, 1.165) is 31.0 Å². The Morgan fingerprint density at radius 2 is 1.12 bits per heavy atom. The van der Waals surface area contributed by atoms with E-state index in [4.69, 9.17) is 0 Å². The summed E-state index contributed by atoms with van der Waals surface area (Å²) < 4.78 is 12.0. The van der Waals surface area contributed by atoms with E-state index < -0.39 is 7.37 Å². The maximum atomic E-state index is 12.0. The molecule has 0 heterocycles. The minimum absolute atomic E-state index is 0.511. The number of hydrogen-bond acceptors (Lipinski definition) is 1. The van der Waals surface area contributed by atoms with E-state index >= 15 is 0 Å². The lowest BCUT2D eigenvalue weighted by Crippen LogP contribution is -1.99. The molecule has 25 heavy (non-hydrogen) atoms. The first-order valence-electron chi connectivity index (χ1n) is 11.2. The van der Waals surface area contributed by atoms with Crippen LogP contribution in [0.25, 0.3) is 0 Å². The second-order valence-corrected chi connectivity index (χ2v) is 10.4. The van der Waals surface area contributed by atoms with E-state index in [1.165, 1.54) is 89.9 Å². The van der Waals surface area contributed by atoms with Crippen LogP contribution < -0.4 is 0 Å². The van der Waals surface area contributed by atoms with Crippen molar-refractivity contribution in [3.8, 4) is 0 Å². The van der Waals surface area contributed by atoms with Gasteiger partial charge in [0, 0.05) is 11.5 Å². The largest absolute Gasteiger partial charge is 0.341 e. The van der Waals surface area contributed by atoms with Crippen molar-refractivity contribution >= 4 is 7.37 Å². The highest BCUT2D eigenvalue weighted by molar-refractivity contribution is 7.62. The molecule has 0 aromatic carbocycles. The summed E-state index contributed by atoms with van der Waals surface area (Å²) in [5.74, 6) is 0. The summed E-state index contributed by atoms with van der Waals surface area (Å²) in [5, 5.41) is 0.841. The van der Waals surface area contributed by atoms with Crippen LogP contribution in [0.4, 0.5) is 0 Å². The highest BCUT2D eigenvalue weighted by Crippen LogP contribution is 2.55. The van der Waals surface area contributed by atoms with Crippen LogP contribution in [0.15, 0.2) is 11.4 Å². The molecular weight excluding hydrogens is 327 g/mol. The fourth-order valence-corrected chi connectivity index (χ4v) is 5.44. The van der Waals surface area contributed by atoms with Gasteiger partial charge in [0.15, 0.2) is 0 Å². The van der Waals surface area contributed by atoms with Crippen molar-refractivity contribution in [3.05, 3.63) is 11.4 Å². The fraction of sp³-hybridized carbons (Fsp3) is 0.909. The van der Waals surface area contributed by atoms with Crippen molar-refractivity contribution in [3.63, 3.8) is 0 Å². The highest BCUT2D eigenvalue weighted by atomic mass is 31.2. The molecule has 1 rings (SSSR count). The smallest absolute Gasteiger partial charge is 0.225 e. The van der Waals surface area contributed by atoms with Crippen LogP contribution in [0.1, 0.15) is 122 Å². The molecule has 0 bridgehead atoms. The summed E-state index contributed by atoms with van der Waals surface area (Å²) in [6, 6.07) is 0. The van der Waals surface area contributed by atoms with Gasteiger partial charge in [-0.25, -0.2) is 0 Å². The van der Waals surface area contributed by atoms with Gasteiger partial charge in [0.1, 0.15) is 0 Å². The summed E-state index contributed by atoms with van der Waals surface area (Å²) in [7, 11) is -2.92. The molecule has 0 saturated carbocycles. The van der Waals surface area contributed by atoms with Crippen molar-refractivity contribution in [2.24, 2.45) is 0 Å². The van der Waals surface area contributed by atoms with Gasteiger partial charge >= 0.3 is 0 Å². The number of unbranched alkanes of at least 4 members (excludes halogenated alkanes) is 15. The van der Waals surface area contributed by atoms with Crippen LogP contribution in [0.5, 0.6) is 0 Å². The van der Waals surface area contributed by atoms with Crippen molar-refractivity contribution in [1.82, 2.24) is 0 Å². The van der Waals surface area contributed by atoms with Gasteiger partial charge in [-0.2, -0.15) is 0 Å². The third kappa shape index (κ3) is 12.0. The van der Waals surface area contributed by atoms with Gasteiger partial charge in [0.2, 0.25) is 7.37 Å². The molecule has 0 saturated heterocycles. The topological polar surface area (TPSA) is 37.3 Å². The van der Waals surface area contributed by atoms with E-state index in [1.807, 2.05) is 6.08 Å². The van der Waals surface area contributed by atoms with E-state index in [2.05, 4.69) is 6.92 Å². The van der Waals surface area contributed by atoms with E-state index in [0.29, 0.717) is 6.16 Å². The molecule has 0 amide bonds. The fourth-order valence-electron chi connectivity index (χ4n) is 3.61. The molecule has 0 aromatic rings. The van der Waals surface area contributed by atoms with E-state index in [-0.39, 0.29) is 0 Å². The number of hydrogen-bond donors (Lipinski definition) is 1. The molecule has 1 aliphatic rings. The van der Waals surface area contributed by atoms with Crippen LogP contribution in [-0.2, 0) is 4.57 Å². The van der Waals surface area contributed by atoms with Gasteiger partial charge < -0.3 is 4.89 Å². The molecule has 1 atom stereocenters. The van der Waals surface area contributed by atoms with Crippen molar-refractivity contribution < 1.29 is 9.46 Å². The Hall–Kier alpha value is -0.0700. The summed E-state index contributed by atoms with van der Waals surface area (Å²) in [6.45, 7) is 2.28. The average molecular weight is 371 g/mol. The first kappa shape index (κ1) is 23.0. The molecule has 0 spiro atoms. The maximum absolute atomic E-state index is 12.0. The molecule has 148 valence electrons. The Morgan fingerprint density at radius 3 is 1.44 bits per heavy atom. The quantitative estimate of drug-likeness (QED) is 0.195. The minimum Gasteiger partial charge on any atom is -0.341 e. The lowest BCUT2D eigenvalue weighted by Gasteiger charge is -2.20. The minimum atomic E-state index is -2.92. The Labute approximate surface area is 157 Å². The predicted molar refractivity (Wildman–Crippen MR) is 112 cm³/mol. The third-order valence-corrected chi connectivity index (χ3v) is 7.77. The van der Waals surface area contributed by atoms with Crippen molar-refractivity contribution in [1.29, 1.82) is 0 Å². The SMILES string of the molecule is CCCCCCCCCCCCCCCCCCP(=O)(O)C1=CCC1. The molecule has 2 nitrogen and oxygen atoms in total. The maximum Gasteiger partial charge on any atom is 0.225 e.